The average molecular weight is 388 g/mol. The number of hydrogen-bond acceptors (Lipinski definition) is 6. The smallest absolute Gasteiger partial charge is 0.330 e. The fraction of sp³-hybridized carbons (Fsp3) is 0.625. The van der Waals surface area contributed by atoms with Crippen LogP contribution in [0.4, 0.5) is 0 Å². The Morgan fingerprint density at radius 2 is 2.00 bits per heavy atom. The average Bonchev–Trinajstić information content (AvgIpc) is 3.03. The van der Waals surface area contributed by atoms with Gasteiger partial charge < -0.3 is 19.6 Å². The molecule has 2 unspecified atom stereocenters. The molecule has 2 atom stereocenters. The highest BCUT2D eigenvalue weighted by atomic mass is 32.2. The van der Waals surface area contributed by atoms with Crippen molar-refractivity contribution < 1.29 is 32.3 Å². The summed E-state index contributed by atoms with van der Waals surface area (Å²) in [6, 6.07) is 2.36. The van der Waals surface area contributed by atoms with Crippen molar-refractivity contribution in [3.05, 3.63) is 17.9 Å². The van der Waals surface area contributed by atoms with E-state index in [2.05, 4.69) is 5.32 Å². The number of nitrogens with one attached hydrogen (secondary N) is 1. The maximum absolute atomic E-state index is 12.5. The van der Waals surface area contributed by atoms with Crippen LogP contribution >= 0.6 is 0 Å². The van der Waals surface area contributed by atoms with Crippen LogP contribution in [0.2, 0.25) is 0 Å². The molecular weight excluding hydrogens is 364 g/mol. The molecule has 0 aliphatic heterocycles. The predicted molar refractivity (Wildman–Crippen MR) is 91.2 cm³/mol. The van der Waals surface area contributed by atoms with E-state index in [4.69, 9.17) is 9.15 Å². The lowest BCUT2D eigenvalue weighted by Gasteiger charge is -2.58. The van der Waals surface area contributed by atoms with E-state index in [-0.39, 0.29) is 18.3 Å². The largest absolute Gasteiger partial charge is 0.479 e. The Balaban J connectivity index is 2.26. The van der Waals surface area contributed by atoms with Gasteiger partial charge in [-0.15, -0.1) is 0 Å². The summed E-state index contributed by atoms with van der Waals surface area (Å²) in [5, 5.41) is 11.8. The summed E-state index contributed by atoms with van der Waals surface area (Å²) in [4.78, 5) is 24.4. The molecule has 0 saturated heterocycles. The molecule has 1 saturated carbocycles. The van der Waals surface area contributed by atoms with Crippen molar-refractivity contribution >= 4 is 21.9 Å². The van der Waals surface area contributed by atoms with Crippen LogP contribution in [0.3, 0.4) is 0 Å². The Hall–Kier alpha value is -1.91. The van der Waals surface area contributed by atoms with Crippen molar-refractivity contribution in [2.45, 2.75) is 43.9 Å². The minimum absolute atomic E-state index is 0.110. The predicted octanol–water partition coefficient (Wildman–Crippen LogP) is 0.918. The van der Waals surface area contributed by atoms with E-state index in [1.807, 2.05) is 6.92 Å². The van der Waals surface area contributed by atoms with Crippen LogP contribution in [0.5, 0.6) is 0 Å². The van der Waals surface area contributed by atoms with Crippen LogP contribution in [-0.2, 0) is 19.6 Å². The molecule has 2 rings (SSSR count). The summed E-state index contributed by atoms with van der Waals surface area (Å²) >= 11 is 0. The van der Waals surface area contributed by atoms with Gasteiger partial charge in [-0.25, -0.2) is 17.5 Å². The van der Waals surface area contributed by atoms with Gasteiger partial charge in [0.05, 0.1) is 6.10 Å². The van der Waals surface area contributed by atoms with E-state index >= 15 is 0 Å². The number of amides is 1. The summed E-state index contributed by atoms with van der Waals surface area (Å²) < 4.78 is 35.7. The quantitative estimate of drug-likeness (QED) is 0.711. The lowest BCUT2D eigenvalue weighted by molar-refractivity contribution is -0.190. The first-order valence-electron chi connectivity index (χ1n) is 8.10. The highest BCUT2D eigenvalue weighted by Gasteiger charge is 2.66. The van der Waals surface area contributed by atoms with Gasteiger partial charge in [0.2, 0.25) is 5.09 Å². The van der Waals surface area contributed by atoms with Crippen LogP contribution in [0.1, 0.15) is 37.7 Å². The summed E-state index contributed by atoms with van der Waals surface area (Å²) in [6.45, 7) is 5.65. The molecular formula is C16H24N2O7S. The maximum Gasteiger partial charge on any atom is 0.330 e. The van der Waals surface area contributed by atoms with Crippen molar-refractivity contribution in [2.75, 3.05) is 20.7 Å². The molecule has 1 amide bonds. The highest BCUT2D eigenvalue weighted by molar-refractivity contribution is 7.88. The van der Waals surface area contributed by atoms with Crippen molar-refractivity contribution in [2.24, 2.45) is 5.41 Å². The van der Waals surface area contributed by atoms with Gasteiger partial charge in [-0.1, -0.05) is 13.8 Å². The molecule has 0 radical (unpaired) electrons. The fourth-order valence-electron chi connectivity index (χ4n) is 3.05. The molecule has 2 N–H and O–H groups in total. The minimum atomic E-state index is -3.83. The topological polar surface area (TPSA) is 126 Å². The molecule has 26 heavy (non-hydrogen) atoms. The van der Waals surface area contributed by atoms with Gasteiger partial charge in [0.25, 0.3) is 15.9 Å². The van der Waals surface area contributed by atoms with Crippen LogP contribution in [0.25, 0.3) is 0 Å². The van der Waals surface area contributed by atoms with Gasteiger partial charge >= 0.3 is 5.97 Å². The van der Waals surface area contributed by atoms with Crippen LogP contribution in [0.15, 0.2) is 21.6 Å². The zero-order valence-corrected chi connectivity index (χ0v) is 16.2. The monoisotopic (exact) mass is 388 g/mol. The molecule has 1 fully saturated rings. The molecule has 9 nitrogen and oxygen atoms in total. The number of rotatable bonds is 7. The van der Waals surface area contributed by atoms with E-state index in [9.17, 15) is 23.1 Å². The van der Waals surface area contributed by atoms with Gasteiger partial charge in [0.15, 0.2) is 5.76 Å². The third-order valence-corrected chi connectivity index (χ3v) is 6.69. The Bertz CT molecular complexity index is 812. The molecule has 1 aliphatic carbocycles. The molecule has 146 valence electrons. The van der Waals surface area contributed by atoms with E-state index < -0.39 is 37.9 Å². The van der Waals surface area contributed by atoms with Gasteiger partial charge in [0.1, 0.15) is 5.54 Å². The normalized spacial score (nSPS) is 24.9. The third-order valence-electron chi connectivity index (χ3n) is 5.00. The fourth-order valence-corrected chi connectivity index (χ4v) is 3.85. The zero-order chi connectivity index (χ0) is 19.9. The Kier molecular flexibility index (Phi) is 5.24. The number of carbonyl (C=O) groups is 2. The molecule has 1 aliphatic rings. The van der Waals surface area contributed by atoms with Gasteiger partial charge in [-0.3, -0.25) is 4.79 Å². The summed E-state index contributed by atoms with van der Waals surface area (Å²) in [5.41, 5.74) is -2.38. The molecule has 0 spiro atoms. The minimum Gasteiger partial charge on any atom is -0.479 e. The number of carboxylic acid groups (broad SMARTS) is 1. The molecule has 1 aromatic heterocycles. The highest BCUT2D eigenvalue weighted by Crippen LogP contribution is 2.51. The molecule has 1 heterocycles. The van der Waals surface area contributed by atoms with Crippen LogP contribution < -0.4 is 5.32 Å². The summed E-state index contributed by atoms with van der Waals surface area (Å²) in [7, 11) is -1.16. The van der Waals surface area contributed by atoms with E-state index in [1.54, 1.807) is 13.8 Å². The van der Waals surface area contributed by atoms with Gasteiger partial charge in [-0.05, 0) is 19.1 Å². The second-order valence-electron chi connectivity index (χ2n) is 6.94. The lowest BCUT2D eigenvalue weighted by Crippen LogP contribution is -2.76. The molecule has 1 aromatic rings. The SMILES string of the molecule is CCOC1CC(NC(=O)c2ccc(S(=O)(=O)N(C)C)o2)(C(=O)O)C1(C)C. The first-order chi connectivity index (χ1) is 11.9. The molecule has 0 aromatic carbocycles. The van der Waals surface area contributed by atoms with Crippen LogP contribution in [0, 0.1) is 5.41 Å². The number of ether oxygens (including phenoxy) is 1. The third kappa shape index (κ3) is 3.01. The van der Waals surface area contributed by atoms with E-state index in [1.165, 1.54) is 20.2 Å². The van der Waals surface area contributed by atoms with Crippen molar-refractivity contribution in [3.8, 4) is 0 Å². The number of carbonyl (C=O) groups excluding carboxylic acids is 1. The van der Waals surface area contributed by atoms with E-state index in [0.717, 1.165) is 10.4 Å². The number of sulfonamides is 1. The second-order valence-corrected chi connectivity index (χ2v) is 9.02. The Morgan fingerprint density at radius 3 is 2.46 bits per heavy atom. The van der Waals surface area contributed by atoms with Crippen molar-refractivity contribution in [1.82, 2.24) is 9.62 Å². The Labute approximate surface area is 152 Å². The summed E-state index contributed by atoms with van der Waals surface area (Å²) in [5.74, 6) is -2.25. The first-order valence-corrected chi connectivity index (χ1v) is 9.54. The number of hydrogen-bond donors (Lipinski definition) is 2. The Morgan fingerprint density at radius 1 is 1.38 bits per heavy atom. The summed E-state index contributed by atoms with van der Waals surface area (Å²) in [6.07, 6.45) is -0.205. The number of furan rings is 1. The van der Waals surface area contributed by atoms with Crippen molar-refractivity contribution in [3.63, 3.8) is 0 Å². The van der Waals surface area contributed by atoms with Gasteiger partial charge in [-0.2, -0.15) is 0 Å². The second kappa shape index (κ2) is 6.67. The lowest BCUT2D eigenvalue weighted by atomic mass is 9.54. The standard InChI is InChI=1S/C16H24N2O7S/c1-6-24-11-9-16(14(20)21,15(11,2)3)17-13(19)10-7-8-12(25-10)26(22,23)18(4)5/h7-8,11H,6,9H2,1-5H3,(H,17,19)(H,20,21). The molecule has 10 heteroatoms. The van der Waals surface area contributed by atoms with Crippen LogP contribution in [-0.4, -0.2) is 62.1 Å². The molecule has 0 bridgehead atoms. The maximum atomic E-state index is 12.5. The number of aliphatic carboxylic acids is 1. The first kappa shape index (κ1) is 20.4. The zero-order valence-electron chi connectivity index (χ0n) is 15.4. The van der Waals surface area contributed by atoms with E-state index in [0.29, 0.717) is 6.61 Å². The van der Waals surface area contributed by atoms with Crippen molar-refractivity contribution in [1.29, 1.82) is 0 Å². The number of carboxylic acids is 1. The van der Waals surface area contributed by atoms with Gasteiger partial charge in [0, 0.05) is 32.5 Å². The number of nitrogens with zero attached hydrogens (tertiary/aromatic N) is 1.